The number of hydrogen-bond donors (Lipinski definition) is 0. The first-order valence-electron chi connectivity index (χ1n) is 9.14. The third-order valence-corrected chi connectivity index (χ3v) is 5.75. The first kappa shape index (κ1) is 17.8. The van der Waals surface area contributed by atoms with E-state index in [4.69, 9.17) is 9.47 Å². The number of likely N-dealkylation sites (tertiary alicyclic amines) is 1. The van der Waals surface area contributed by atoms with Crippen molar-refractivity contribution >= 4 is 11.8 Å². The van der Waals surface area contributed by atoms with Crippen LogP contribution in [0.15, 0.2) is 49.1 Å². The molecular formula is C21H24N2O4. The highest BCUT2D eigenvalue weighted by Gasteiger charge is 2.66. The van der Waals surface area contributed by atoms with Crippen LogP contribution in [0, 0.1) is 11.8 Å². The van der Waals surface area contributed by atoms with Crippen molar-refractivity contribution in [3.63, 3.8) is 0 Å². The molecule has 4 atom stereocenters. The van der Waals surface area contributed by atoms with Crippen LogP contribution in [0.4, 0.5) is 0 Å². The molecule has 27 heavy (non-hydrogen) atoms. The third-order valence-electron chi connectivity index (χ3n) is 5.75. The van der Waals surface area contributed by atoms with Crippen molar-refractivity contribution in [2.75, 3.05) is 27.2 Å². The Morgan fingerprint density at radius 1 is 1.52 bits per heavy atom. The summed E-state index contributed by atoms with van der Waals surface area (Å²) in [7, 11) is 3.36. The highest BCUT2D eigenvalue weighted by Crippen LogP contribution is 2.52. The Morgan fingerprint density at radius 3 is 3.07 bits per heavy atom. The van der Waals surface area contributed by atoms with Crippen molar-refractivity contribution in [3.05, 3.63) is 54.6 Å². The van der Waals surface area contributed by atoms with Crippen molar-refractivity contribution in [2.45, 2.75) is 18.2 Å². The van der Waals surface area contributed by atoms with E-state index in [0.29, 0.717) is 19.6 Å². The molecule has 2 bridgehead atoms. The molecule has 3 heterocycles. The van der Waals surface area contributed by atoms with E-state index in [1.54, 1.807) is 30.0 Å². The van der Waals surface area contributed by atoms with Crippen LogP contribution >= 0.6 is 0 Å². The Balaban J connectivity index is 1.57. The van der Waals surface area contributed by atoms with Crippen LogP contribution in [-0.2, 0) is 20.9 Å². The summed E-state index contributed by atoms with van der Waals surface area (Å²) >= 11 is 0. The van der Waals surface area contributed by atoms with Gasteiger partial charge in [-0.2, -0.15) is 0 Å². The molecule has 2 amide bonds. The van der Waals surface area contributed by atoms with Gasteiger partial charge in [-0.3, -0.25) is 9.59 Å². The van der Waals surface area contributed by atoms with Gasteiger partial charge in [-0.1, -0.05) is 30.4 Å². The van der Waals surface area contributed by atoms with Gasteiger partial charge in [0, 0.05) is 20.1 Å². The topological polar surface area (TPSA) is 59.1 Å². The van der Waals surface area contributed by atoms with Crippen molar-refractivity contribution in [1.82, 2.24) is 9.80 Å². The first-order chi connectivity index (χ1) is 13.0. The number of likely N-dealkylation sites (N-methyl/N-ethyl adjacent to an activating group) is 1. The number of fused-ring (bicyclic) bond motifs is 1. The molecular weight excluding hydrogens is 344 g/mol. The molecule has 3 aliphatic rings. The normalized spacial score (nSPS) is 30.5. The molecule has 0 aliphatic carbocycles. The van der Waals surface area contributed by atoms with Gasteiger partial charge >= 0.3 is 0 Å². The van der Waals surface area contributed by atoms with E-state index in [1.165, 1.54) is 0 Å². The fourth-order valence-electron chi connectivity index (χ4n) is 4.52. The van der Waals surface area contributed by atoms with E-state index in [-0.39, 0.29) is 17.9 Å². The lowest BCUT2D eigenvalue weighted by molar-refractivity contribution is -0.142. The molecule has 6 nitrogen and oxygen atoms in total. The van der Waals surface area contributed by atoms with Crippen LogP contribution in [0.25, 0.3) is 0 Å². The number of carbonyl (C=O) groups is 2. The minimum atomic E-state index is -0.685. The average Bonchev–Trinajstić information content (AvgIpc) is 3.30. The lowest BCUT2D eigenvalue weighted by Crippen LogP contribution is -2.44. The number of methoxy groups -OCH3 is 1. The van der Waals surface area contributed by atoms with E-state index >= 15 is 0 Å². The van der Waals surface area contributed by atoms with Crippen molar-refractivity contribution in [1.29, 1.82) is 0 Å². The molecule has 6 heteroatoms. The maximum atomic E-state index is 13.2. The number of hydrogen-bond acceptors (Lipinski definition) is 4. The molecule has 2 fully saturated rings. The van der Waals surface area contributed by atoms with Crippen LogP contribution in [0.3, 0.4) is 0 Å². The lowest BCUT2D eigenvalue weighted by atomic mass is 9.76. The number of carbonyl (C=O) groups excluding carboxylic acids is 2. The summed E-state index contributed by atoms with van der Waals surface area (Å²) in [6, 6.07) is 7.68. The third kappa shape index (κ3) is 2.75. The minimum Gasteiger partial charge on any atom is -0.497 e. The molecule has 4 rings (SSSR count). The van der Waals surface area contributed by atoms with Gasteiger partial charge in [0.2, 0.25) is 11.8 Å². The van der Waals surface area contributed by atoms with E-state index in [1.807, 2.05) is 36.4 Å². The van der Waals surface area contributed by atoms with Crippen LogP contribution < -0.4 is 4.74 Å². The summed E-state index contributed by atoms with van der Waals surface area (Å²) in [5, 5.41) is 0. The van der Waals surface area contributed by atoms with Gasteiger partial charge in [0.1, 0.15) is 11.4 Å². The summed E-state index contributed by atoms with van der Waals surface area (Å²) in [6.07, 6.45) is 5.27. The highest BCUT2D eigenvalue weighted by molar-refractivity contribution is 5.93. The van der Waals surface area contributed by atoms with Gasteiger partial charge in [-0.05, 0) is 17.7 Å². The van der Waals surface area contributed by atoms with Crippen molar-refractivity contribution in [3.8, 4) is 5.75 Å². The SMILES string of the molecule is C=CCN(C)C(=O)C1C2C(=O)N(Cc3cccc(OC)c3)C[C@@]23C=C[C@@H]1O3. The highest BCUT2D eigenvalue weighted by atomic mass is 16.5. The lowest BCUT2D eigenvalue weighted by Gasteiger charge is -2.27. The molecule has 3 aliphatic heterocycles. The maximum Gasteiger partial charge on any atom is 0.230 e. The average molecular weight is 368 g/mol. The molecule has 1 aromatic rings. The van der Waals surface area contributed by atoms with Gasteiger partial charge in [0.25, 0.3) is 0 Å². The van der Waals surface area contributed by atoms with Crippen LogP contribution in [0.1, 0.15) is 5.56 Å². The van der Waals surface area contributed by atoms with Gasteiger partial charge < -0.3 is 19.3 Å². The summed E-state index contributed by atoms with van der Waals surface area (Å²) < 4.78 is 11.4. The molecule has 0 N–H and O–H groups in total. The number of benzene rings is 1. The minimum absolute atomic E-state index is 0.0185. The summed E-state index contributed by atoms with van der Waals surface area (Å²) in [6.45, 7) is 5.08. The molecule has 142 valence electrons. The fourth-order valence-corrected chi connectivity index (χ4v) is 4.52. The van der Waals surface area contributed by atoms with Crippen LogP contribution in [-0.4, -0.2) is 60.6 Å². The summed E-state index contributed by atoms with van der Waals surface area (Å²) in [5.41, 5.74) is 0.305. The number of amides is 2. The predicted molar refractivity (Wildman–Crippen MR) is 100.0 cm³/mol. The Bertz CT molecular complexity index is 820. The van der Waals surface area contributed by atoms with Crippen molar-refractivity contribution < 1.29 is 19.1 Å². The van der Waals surface area contributed by atoms with Gasteiger partial charge in [0.15, 0.2) is 0 Å². The Morgan fingerprint density at radius 2 is 2.33 bits per heavy atom. The zero-order valence-corrected chi connectivity index (χ0v) is 15.6. The van der Waals surface area contributed by atoms with Crippen molar-refractivity contribution in [2.24, 2.45) is 11.8 Å². The number of ether oxygens (including phenoxy) is 2. The summed E-state index contributed by atoms with van der Waals surface area (Å²) in [4.78, 5) is 29.6. The molecule has 1 spiro atoms. The van der Waals surface area contributed by atoms with E-state index in [9.17, 15) is 9.59 Å². The monoisotopic (exact) mass is 368 g/mol. The molecule has 1 aromatic carbocycles. The standard InChI is InChI=1S/C21H24N2O4/c1-4-10-22(2)19(24)17-16-8-9-21(27-16)13-23(20(25)18(17)21)12-14-6-5-7-15(11-14)26-3/h4-9,11,16-18H,1,10,12-13H2,2-3H3/t16-,17?,18?,21-/m0/s1. The van der Waals surface area contributed by atoms with E-state index in [0.717, 1.165) is 11.3 Å². The number of nitrogens with zero attached hydrogens (tertiary/aromatic N) is 2. The Labute approximate surface area is 159 Å². The Kier molecular flexibility index (Phi) is 4.30. The zero-order chi connectivity index (χ0) is 19.2. The van der Waals surface area contributed by atoms with Crippen LogP contribution in [0.5, 0.6) is 5.75 Å². The second-order valence-electron chi connectivity index (χ2n) is 7.45. The molecule has 2 unspecified atom stereocenters. The van der Waals surface area contributed by atoms with E-state index in [2.05, 4.69) is 6.58 Å². The van der Waals surface area contributed by atoms with Gasteiger partial charge in [-0.15, -0.1) is 6.58 Å². The molecule has 0 saturated carbocycles. The van der Waals surface area contributed by atoms with Crippen LogP contribution in [0.2, 0.25) is 0 Å². The van der Waals surface area contributed by atoms with Gasteiger partial charge in [-0.25, -0.2) is 0 Å². The van der Waals surface area contributed by atoms with E-state index < -0.39 is 17.4 Å². The second-order valence-corrected chi connectivity index (χ2v) is 7.45. The van der Waals surface area contributed by atoms with Gasteiger partial charge in [0.05, 0.1) is 31.6 Å². The second kappa shape index (κ2) is 6.53. The Hall–Kier alpha value is -2.60. The predicted octanol–water partition coefficient (Wildman–Crippen LogP) is 1.62. The molecule has 2 saturated heterocycles. The zero-order valence-electron chi connectivity index (χ0n) is 15.6. The molecule has 0 radical (unpaired) electrons. The first-order valence-corrected chi connectivity index (χ1v) is 9.14. The molecule has 0 aromatic heterocycles. The fraction of sp³-hybridized carbons (Fsp3) is 0.429. The summed E-state index contributed by atoms with van der Waals surface area (Å²) in [5.74, 6) is -0.253. The quantitative estimate of drug-likeness (QED) is 0.716. The largest absolute Gasteiger partial charge is 0.497 e. The number of rotatable bonds is 6. The maximum absolute atomic E-state index is 13.2. The smallest absolute Gasteiger partial charge is 0.230 e.